The molecule has 3 heterocycles. The number of hydrogen-bond donors (Lipinski definition) is 0. The minimum atomic E-state index is -0.512. The molecule has 1 aliphatic heterocycles. The molecule has 1 fully saturated rings. The molecule has 3 rings (SSSR count). The maximum Gasteiger partial charge on any atom is 0.410 e. The van der Waals surface area contributed by atoms with Gasteiger partial charge in [-0.3, -0.25) is 4.79 Å². The molecule has 0 radical (unpaired) electrons. The van der Waals surface area contributed by atoms with Crippen LogP contribution < -0.4 is 0 Å². The average Bonchev–Trinajstić information content (AvgIpc) is 2.79. The summed E-state index contributed by atoms with van der Waals surface area (Å²) in [7, 11) is 0. The van der Waals surface area contributed by atoms with Crippen molar-refractivity contribution in [3.05, 3.63) is 36.3 Å². The Bertz CT molecular complexity index is 760. The van der Waals surface area contributed by atoms with Crippen LogP contribution in [-0.2, 0) is 16.0 Å². The van der Waals surface area contributed by atoms with Crippen LogP contribution in [-0.4, -0.2) is 63.0 Å². The summed E-state index contributed by atoms with van der Waals surface area (Å²) in [5.74, 6) is 0.0412. The Hall–Kier alpha value is -2.57. The molecule has 0 bridgehead atoms. The molecule has 0 unspecified atom stereocenters. The van der Waals surface area contributed by atoms with E-state index < -0.39 is 5.60 Å². The van der Waals surface area contributed by atoms with Gasteiger partial charge >= 0.3 is 6.09 Å². The second kappa shape index (κ2) is 7.35. The molecule has 7 nitrogen and oxygen atoms in total. The summed E-state index contributed by atoms with van der Waals surface area (Å²) in [6, 6.07) is 5.77. The molecule has 1 aliphatic rings. The van der Waals surface area contributed by atoms with Gasteiger partial charge < -0.3 is 18.9 Å². The van der Waals surface area contributed by atoms with E-state index in [-0.39, 0.29) is 18.4 Å². The van der Waals surface area contributed by atoms with Crippen molar-refractivity contribution >= 4 is 17.6 Å². The van der Waals surface area contributed by atoms with Gasteiger partial charge in [0.2, 0.25) is 5.91 Å². The van der Waals surface area contributed by atoms with E-state index >= 15 is 0 Å². The highest BCUT2D eigenvalue weighted by Gasteiger charge is 2.26. The van der Waals surface area contributed by atoms with E-state index in [9.17, 15) is 9.59 Å². The lowest BCUT2D eigenvalue weighted by molar-refractivity contribution is -0.130. The van der Waals surface area contributed by atoms with Gasteiger partial charge in [0.15, 0.2) is 0 Å². The van der Waals surface area contributed by atoms with Crippen molar-refractivity contribution in [1.29, 1.82) is 0 Å². The monoisotopic (exact) mass is 358 g/mol. The van der Waals surface area contributed by atoms with E-state index in [4.69, 9.17) is 4.74 Å². The summed E-state index contributed by atoms with van der Waals surface area (Å²) in [6.07, 6.45) is 4.51. The van der Waals surface area contributed by atoms with E-state index in [1.165, 1.54) is 0 Å². The fourth-order valence-electron chi connectivity index (χ4n) is 3.02. The zero-order valence-electron chi connectivity index (χ0n) is 15.6. The van der Waals surface area contributed by atoms with Crippen LogP contribution in [0, 0.1) is 0 Å². The third-order valence-corrected chi connectivity index (χ3v) is 4.25. The molecule has 2 aromatic heterocycles. The number of fused-ring (bicyclic) bond motifs is 1. The van der Waals surface area contributed by atoms with Crippen LogP contribution in [0.1, 0.15) is 32.9 Å². The maximum absolute atomic E-state index is 12.6. The minimum absolute atomic E-state index is 0.0412. The Morgan fingerprint density at radius 2 is 1.85 bits per heavy atom. The van der Waals surface area contributed by atoms with E-state index in [1.807, 2.05) is 60.7 Å². The normalized spacial score (nSPS) is 15.8. The molecule has 26 heavy (non-hydrogen) atoms. The molecule has 2 amide bonds. The molecule has 0 saturated carbocycles. The number of pyridine rings is 1. The fourth-order valence-corrected chi connectivity index (χ4v) is 3.02. The first kappa shape index (κ1) is 18.2. The third-order valence-electron chi connectivity index (χ3n) is 4.25. The van der Waals surface area contributed by atoms with Crippen molar-refractivity contribution in [3.63, 3.8) is 0 Å². The van der Waals surface area contributed by atoms with E-state index in [0.29, 0.717) is 26.2 Å². The van der Waals surface area contributed by atoms with Crippen molar-refractivity contribution in [1.82, 2.24) is 19.2 Å². The van der Waals surface area contributed by atoms with Gasteiger partial charge in [-0.05, 0) is 39.3 Å². The smallest absolute Gasteiger partial charge is 0.410 e. The summed E-state index contributed by atoms with van der Waals surface area (Å²) in [6.45, 7) is 7.82. The summed E-state index contributed by atoms with van der Waals surface area (Å²) in [5, 5.41) is 0. The van der Waals surface area contributed by atoms with Crippen molar-refractivity contribution in [2.75, 3.05) is 26.2 Å². The largest absolute Gasteiger partial charge is 0.444 e. The molecular formula is C19H26N4O3. The number of carbonyl (C=O) groups excluding carboxylic acids is 2. The molecule has 0 aromatic carbocycles. The lowest BCUT2D eigenvalue weighted by Gasteiger charge is -2.26. The molecule has 1 saturated heterocycles. The predicted octanol–water partition coefficient (Wildman–Crippen LogP) is 2.35. The second-order valence-corrected chi connectivity index (χ2v) is 7.58. The van der Waals surface area contributed by atoms with E-state index in [1.54, 1.807) is 4.90 Å². The maximum atomic E-state index is 12.6. The van der Waals surface area contributed by atoms with Crippen LogP contribution >= 0.6 is 0 Å². The van der Waals surface area contributed by atoms with Gasteiger partial charge in [0, 0.05) is 38.6 Å². The van der Waals surface area contributed by atoms with Gasteiger partial charge in [-0.15, -0.1) is 0 Å². The molecule has 2 aromatic rings. The van der Waals surface area contributed by atoms with E-state index in [0.717, 1.165) is 17.8 Å². The van der Waals surface area contributed by atoms with Gasteiger partial charge in [0.1, 0.15) is 11.2 Å². The zero-order valence-corrected chi connectivity index (χ0v) is 15.6. The molecule has 7 heteroatoms. The van der Waals surface area contributed by atoms with Gasteiger partial charge in [-0.25, -0.2) is 9.78 Å². The van der Waals surface area contributed by atoms with Crippen LogP contribution in [0.2, 0.25) is 0 Å². The summed E-state index contributed by atoms with van der Waals surface area (Å²) >= 11 is 0. The molecule has 140 valence electrons. The summed E-state index contributed by atoms with van der Waals surface area (Å²) < 4.78 is 7.34. The van der Waals surface area contributed by atoms with E-state index in [2.05, 4.69) is 4.98 Å². The fraction of sp³-hybridized carbons (Fsp3) is 0.526. The van der Waals surface area contributed by atoms with Gasteiger partial charge in [-0.2, -0.15) is 0 Å². The lowest BCUT2D eigenvalue weighted by Crippen LogP contribution is -2.40. The van der Waals surface area contributed by atoms with Crippen LogP contribution in [0.25, 0.3) is 5.65 Å². The van der Waals surface area contributed by atoms with Crippen molar-refractivity contribution < 1.29 is 14.3 Å². The minimum Gasteiger partial charge on any atom is -0.444 e. The topological polar surface area (TPSA) is 67.2 Å². The SMILES string of the molecule is CC(C)(C)OC(=O)N1CCCN(C(=O)Cc2cn3ccccc3n2)CC1. The zero-order chi connectivity index (χ0) is 18.7. The quantitative estimate of drug-likeness (QED) is 0.826. The summed E-state index contributed by atoms with van der Waals surface area (Å²) in [5.41, 5.74) is 1.08. The van der Waals surface area contributed by atoms with Gasteiger partial charge in [0.05, 0.1) is 12.1 Å². The lowest BCUT2D eigenvalue weighted by atomic mass is 10.2. The standard InChI is InChI=1S/C19H26N4O3/c1-19(2,3)26-18(25)22-10-6-9-21(11-12-22)17(24)13-15-14-23-8-5-4-7-16(23)20-15/h4-5,7-8,14H,6,9-13H2,1-3H3. The number of nitrogens with zero attached hydrogens (tertiary/aromatic N) is 4. The van der Waals surface area contributed by atoms with Gasteiger partial charge in [0.25, 0.3) is 0 Å². The highest BCUT2D eigenvalue weighted by molar-refractivity contribution is 5.78. The summed E-state index contributed by atoms with van der Waals surface area (Å²) in [4.78, 5) is 32.8. The Morgan fingerprint density at radius 1 is 1.12 bits per heavy atom. The number of rotatable bonds is 2. The molecular weight excluding hydrogens is 332 g/mol. The Balaban J connectivity index is 1.58. The third kappa shape index (κ3) is 4.53. The number of aromatic nitrogens is 2. The first-order chi connectivity index (χ1) is 12.3. The highest BCUT2D eigenvalue weighted by atomic mass is 16.6. The Kier molecular flexibility index (Phi) is 5.15. The van der Waals surface area contributed by atoms with Crippen molar-refractivity contribution in [2.45, 2.75) is 39.2 Å². The highest BCUT2D eigenvalue weighted by Crippen LogP contribution is 2.13. The molecule has 0 N–H and O–H groups in total. The van der Waals surface area contributed by atoms with Crippen molar-refractivity contribution in [2.24, 2.45) is 0 Å². The average molecular weight is 358 g/mol. The first-order valence-electron chi connectivity index (χ1n) is 9.00. The number of hydrogen-bond acceptors (Lipinski definition) is 4. The Morgan fingerprint density at radius 3 is 2.58 bits per heavy atom. The van der Waals surface area contributed by atoms with Crippen LogP contribution in [0.3, 0.4) is 0 Å². The number of ether oxygens (including phenoxy) is 1. The number of amides is 2. The first-order valence-corrected chi connectivity index (χ1v) is 9.00. The second-order valence-electron chi connectivity index (χ2n) is 7.58. The molecule has 0 atom stereocenters. The van der Waals surface area contributed by atoms with Crippen LogP contribution in [0.5, 0.6) is 0 Å². The number of imidazole rings is 1. The Labute approximate surface area is 153 Å². The van der Waals surface area contributed by atoms with Crippen LogP contribution in [0.4, 0.5) is 4.79 Å². The van der Waals surface area contributed by atoms with Crippen molar-refractivity contribution in [3.8, 4) is 0 Å². The van der Waals surface area contributed by atoms with Crippen LogP contribution in [0.15, 0.2) is 30.6 Å². The van der Waals surface area contributed by atoms with Gasteiger partial charge in [-0.1, -0.05) is 6.07 Å². The predicted molar refractivity (Wildman–Crippen MR) is 97.9 cm³/mol. The molecule has 0 spiro atoms. The molecule has 0 aliphatic carbocycles. The number of carbonyl (C=O) groups is 2.